The fourth-order valence-electron chi connectivity index (χ4n) is 0.697. The lowest BCUT2D eigenvalue weighted by molar-refractivity contribution is -0.120. The van der Waals surface area contributed by atoms with Crippen LogP contribution in [0.5, 0.6) is 0 Å². The third kappa shape index (κ3) is 2.11. The molecule has 0 radical (unpaired) electrons. The van der Waals surface area contributed by atoms with Gasteiger partial charge in [0.1, 0.15) is 5.66 Å². The molecule has 0 saturated heterocycles. The molecule has 0 aromatic carbocycles. The smallest absolute Gasteiger partial charge is 0.428 e. The third-order valence-corrected chi connectivity index (χ3v) is 1.68. The third-order valence-electron chi connectivity index (χ3n) is 1.25. The molecule has 0 atom stereocenters. The Labute approximate surface area is 73.0 Å². The summed E-state index contributed by atoms with van der Waals surface area (Å²) in [4.78, 5) is 9.92. The maximum atomic E-state index is 9.92. The fraction of sp³-hybridized carbons (Fsp3) is 0.167. The molecule has 0 fully saturated rings. The van der Waals surface area contributed by atoms with Crippen LogP contribution in [0.1, 0.15) is 0 Å². The van der Waals surface area contributed by atoms with Crippen LogP contribution in [0.4, 0.5) is 0 Å². The Hall–Kier alpha value is -0.705. The van der Waals surface area contributed by atoms with Gasteiger partial charge >= 0.3 is 6.92 Å². The van der Waals surface area contributed by atoms with E-state index in [1.54, 1.807) is 19.0 Å². The summed E-state index contributed by atoms with van der Waals surface area (Å²) < 4.78 is 10.4. The minimum absolute atomic E-state index is 0.321. The summed E-state index contributed by atoms with van der Waals surface area (Å²) in [7, 11) is 0. The maximum Gasteiger partial charge on any atom is 0.428 e. The molecule has 1 rings (SSSR count). The number of carbonyl (C=O) groups excluding carboxylic acids is 1. The highest BCUT2D eigenvalue weighted by molar-refractivity contribution is 9.10. The van der Waals surface area contributed by atoms with Crippen molar-refractivity contribution in [2.75, 3.05) is 0 Å². The van der Waals surface area contributed by atoms with Gasteiger partial charge < -0.3 is 9.07 Å². The van der Waals surface area contributed by atoms with Crippen molar-refractivity contribution in [2.45, 2.75) is 6.82 Å². The molecule has 0 bridgehead atoms. The van der Waals surface area contributed by atoms with Crippen molar-refractivity contribution >= 4 is 35.0 Å². The second-order valence-electron chi connectivity index (χ2n) is 2.02. The SMILES string of the molecule is CB(OC=O)c1ccc(Br)o1. The summed E-state index contributed by atoms with van der Waals surface area (Å²) in [5.41, 5.74) is 0.629. The quantitative estimate of drug-likeness (QED) is 0.560. The molecule has 0 spiro atoms. The Kier molecular flexibility index (Phi) is 2.76. The fourth-order valence-corrected chi connectivity index (χ4v) is 1.02. The zero-order valence-corrected chi connectivity index (χ0v) is 7.50. The van der Waals surface area contributed by atoms with E-state index in [1.807, 2.05) is 0 Å². The zero-order chi connectivity index (χ0) is 8.27. The number of halogens is 1. The van der Waals surface area contributed by atoms with Gasteiger partial charge in [-0.2, -0.15) is 0 Å². The molecule has 58 valence electrons. The summed E-state index contributed by atoms with van der Waals surface area (Å²) in [5.74, 6) is 0. The van der Waals surface area contributed by atoms with Crippen molar-refractivity contribution in [3.05, 3.63) is 16.8 Å². The second kappa shape index (κ2) is 3.62. The highest BCUT2D eigenvalue weighted by Crippen LogP contribution is 2.07. The average Bonchev–Trinajstić information content (AvgIpc) is 2.36. The van der Waals surface area contributed by atoms with Crippen LogP contribution in [0.15, 0.2) is 21.2 Å². The highest BCUT2D eigenvalue weighted by atomic mass is 79.9. The number of carbonyl (C=O) groups is 1. The van der Waals surface area contributed by atoms with Crippen molar-refractivity contribution in [1.29, 1.82) is 0 Å². The van der Waals surface area contributed by atoms with Crippen molar-refractivity contribution in [2.24, 2.45) is 0 Å². The highest BCUT2D eigenvalue weighted by Gasteiger charge is 2.16. The molecular weight excluding hydrogens is 211 g/mol. The Balaban J connectivity index is 2.67. The number of rotatable bonds is 3. The van der Waals surface area contributed by atoms with Crippen molar-refractivity contribution in [3.8, 4) is 0 Å². The number of hydrogen-bond acceptors (Lipinski definition) is 3. The summed E-state index contributed by atoms with van der Waals surface area (Å²) in [6.07, 6.45) is 0. The molecule has 0 amide bonds. The summed E-state index contributed by atoms with van der Waals surface area (Å²) >= 11 is 3.14. The van der Waals surface area contributed by atoms with E-state index < -0.39 is 0 Å². The van der Waals surface area contributed by atoms with Crippen LogP contribution >= 0.6 is 15.9 Å². The molecule has 1 aromatic rings. The molecule has 0 saturated carbocycles. The largest absolute Gasteiger partial charge is 0.530 e. The van der Waals surface area contributed by atoms with Crippen molar-refractivity contribution in [1.82, 2.24) is 0 Å². The number of furan rings is 1. The summed E-state index contributed by atoms with van der Waals surface area (Å²) in [5, 5.41) is 0. The molecule has 0 aliphatic carbocycles. The Bertz CT molecular complexity index is 248. The van der Waals surface area contributed by atoms with Gasteiger partial charge in [-0.05, 0) is 34.9 Å². The number of hydrogen-bond donors (Lipinski definition) is 0. The van der Waals surface area contributed by atoms with Gasteiger partial charge in [-0.1, -0.05) is 0 Å². The minimum Gasteiger partial charge on any atom is -0.530 e. The lowest BCUT2D eigenvalue weighted by Gasteiger charge is -1.99. The van der Waals surface area contributed by atoms with Gasteiger partial charge in [0.15, 0.2) is 4.67 Å². The van der Waals surface area contributed by atoms with Crippen molar-refractivity contribution in [3.63, 3.8) is 0 Å². The van der Waals surface area contributed by atoms with E-state index in [9.17, 15) is 4.79 Å². The van der Waals surface area contributed by atoms with Crippen LogP contribution in [0.2, 0.25) is 6.82 Å². The van der Waals surface area contributed by atoms with Gasteiger partial charge in [-0.25, -0.2) is 0 Å². The van der Waals surface area contributed by atoms with Crippen LogP contribution in [-0.4, -0.2) is 13.4 Å². The van der Waals surface area contributed by atoms with Gasteiger partial charge in [-0.3, -0.25) is 4.79 Å². The van der Waals surface area contributed by atoms with E-state index in [2.05, 4.69) is 20.6 Å². The molecule has 0 N–H and O–H groups in total. The molecule has 0 unspecified atom stereocenters. The lowest BCUT2D eigenvalue weighted by Crippen LogP contribution is -2.28. The van der Waals surface area contributed by atoms with Crippen LogP contribution in [0.25, 0.3) is 0 Å². The zero-order valence-electron chi connectivity index (χ0n) is 5.91. The normalized spacial score (nSPS) is 9.27. The molecular formula is C6H6BBrO3. The standard InChI is InChI=1S/C6H6BBrO3/c1-7(10-4-9)5-2-3-6(8)11-5/h2-4H,1H3. The molecule has 0 aliphatic heterocycles. The van der Waals surface area contributed by atoms with Crippen LogP contribution in [0, 0.1) is 0 Å². The second-order valence-corrected chi connectivity index (χ2v) is 2.80. The van der Waals surface area contributed by atoms with Gasteiger partial charge in [-0.15, -0.1) is 0 Å². The van der Waals surface area contributed by atoms with Crippen LogP contribution < -0.4 is 5.66 Å². The summed E-state index contributed by atoms with van der Waals surface area (Å²) in [6, 6.07) is 3.50. The average molecular weight is 217 g/mol. The molecule has 5 heteroatoms. The lowest BCUT2D eigenvalue weighted by atomic mass is 9.68. The van der Waals surface area contributed by atoms with Crippen LogP contribution in [0.3, 0.4) is 0 Å². The van der Waals surface area contributed by atoms with E-state index in [4.69, 9.17) is 4.42 Å². The van der Waals surface area contributed by atoms with E-state index in [-0.39, 0.29) is 6.92 Å². The van der Waals surface area contributed by atoms with Gasteiger partial charge in [0.2, 0.25) is 0 Å². The Morgan fingerprint density at radius 2 is 2.45 bits per heavy atom. The van der Waals surface area contributed by atoms with E-state index in [0.717, 1.165) is 0 Å². The topological polar surface area (TPSA) is 39.4 Å². The van der Waals surface area contributed by atoms with Crippen LogP contribution in [-0.2, 0) is 9.45 Å². The van der Waals surface area contributed by atoms with E-state index in [1.165, 1.54) is 0 Å². The van der Waals surface area contributed by atoms with E-state index in [0.29, 0.717) is 16.8 Å². The predicted molar refractivity (Wildman–Crippen MR) is 44.8 cm³/mol. The molecule has 11 heavy (non-hydrogen) atoms. The molecule has 1 aromatic heterocycles. The monoisotopic (exact) mass is 216 g/mol. The maximum absolute atomic E-state index is 9.92. The van der Waals surface area contributed by atoms with E-state index >= 15 is 0 Å². The van der Waals surface area contributed by atoms with Gasteiger partial charge in [0.25, 0.3) is 6.47 Å². The Morgan fingerprint density at radius 3 is 2.91 bits per heavy atom. The summed E-state index contributed by atoms with van der Waals surface area (Å²) in [6.45, 7) is 1.82. The first-order valence-electron chi connectivity index (χ1n) is 3.08. The first-order valence-corrected chi connectivity index (χ1v) is 3.87. The molecule has 3 nitrogen and oxygen atoms in total. The van der Waals surface area contributed by atoms with Gasteiger partial charge in [0.05, 0.1) is 0 Å². The molecule has 0 aliphatic rings. The predicted octanol–water partition coefficient (Wildman–Crippen LogP) is 1.04. The molecule has 1 heterocycles. The first-order chi connectivity index (χ1) is 5.24. The Morgan fingerprint density at radius 1 is 1.73 bits per heavy atom. The minimum atomic E-state index is -0.321. The van der Waals surface area contributed by atoms with Crippen molar-refractivity contribution < 1.29 is 13.9 Å². The van der Waals surface area contributed by atoms with Gasteiger partial charge in [0, 0.05) is 0 Å². The first kappa shape index (κ1) is 8.39.